The Morgan fingerprint density at radius 1 is 1.05 bits per heavy atom. The summed E-state index contributed by atoms with van der Waals surface area (Å²) in [4.78, 5) is -0.533. The Balaban J connectivity index is 2.31. The van der Waals surface area contributed by atoms with Crippen LogP contribution in [0.5, 0.6) is 0 Å². The summed E-state index contributed by atoms with van der Waals surface area (Å²) < 4.78 is 52.7. The molecule has 2 N–H and O–H groups in total. The zero-order chi connectivity index (χ0) is 15.5. The molecule has 4 nitrogen and oxygen atoms in total. The molecule has 0 aliphatic rings. The maximum absolute atomic E-state index is 13.1. The fourth-order valence-corrected chi connectivity index (χ4v) is 3.09. The first-order valence-electron chi connectivity index (χ1n) is 6.06. The molecule has 0 saturated carbocycles. The Labute approximate surface area is 121 Å². The van der Waals surface area contributed by atoms with Crippen molar-refractivity contribution in [3.05, 3.63) is 65.7 Å². The summed E-state index contributed by atoms with van der Waals surface area (Å²) in [6.07, 6.45) is 0. The first-order chi connectivity index (χ1) is 9.92. The minimum Gasteiger partial charge on any atom is -0.394 e. The third kappa shape index (κ3) is 3.84. The Hall–Kier alpha value is -1.83. The molecular weight excluding hydrogens is 300 g/mol. The molecule has 0 heterocycles. The summed E-state index contributed by atoms with van der Waals surface area (Å²) in [5.41, 5.74) is 0.542. The van der Waals surface area contributed by atoms with E-state index in [2.05, 4.69) is 4.72 Å². The average molecular weight is 313 g/mol. The van der Waals surface area contributed by atoms with Crippen molar-refractivity contribution in [1.29, 1.82) is 0 Å². The first-order valence-corrected chi connectivity index (χ1v) is 7.55. The van der Waals surface area contributed by atoms with Crippen molar-refractivity contribution in [2.24, 2.45) is 0 Å². The number of hydrogen-bond acceptors (Lipinski definition) is 3. The fraction of sp³-hybridized carbons (Fsp3) is 0.143. The molecule has 0 aliphatic carbocycles. The van der Waals surface area contributed by atoms with Gasteiger partial charge < -0.3 is 5.11 Å². The minimum atomic E-state index is -4.15. The molecule has 2 aromatic rings. The first kappa shape index (κ1) is 15.6. The van der Waals surface area contributed by atoms with Crippen LogP contribution in [0, 0.1) is 11.6 Å². The predicted octanol–water partition coefficient (Wildman–Crippen LogP) is 1.98. The van der Waals surface area contributed by atoms with Crippen LogP contribution < -0.4 is 4.72 Å². The Kier molecular flexibility index (Phi) is 4.66. The van der Waals surface area contributed by atoms with Crippen molar-refractivity contribution in [2.45, 2.75) is 10.9 Å². The number of hydrogen-bond donors (Lipinski definition) is 2. The largest absolute Gasteiger partial charge is 0.394 e. The van der Waals surface area contributed by atoms with Crippen molar-refractivity contribution in [2.75, 3.05) is 6.61 Å². The van der Waals surface area contributed by atoms with Crippen LogP contribution in [0.15, 0.2) is 53.4 Å². The fourth-order valence-electron chi connectivity index (χ4n) is 1.84. The molecular formula is C14H13F2NO3S. The lowest BCUT2D eigenvalue weighted by molar-refractivity contribution is 0.259. The zero-order valence-corrected chi connectivity index (χ0v) is 11.6. The van der Waals surface area contributed by atoms with Gasteiger partial charge in [0.1, 0.15) is 11.6 Å². The lowest BCUT2D eigenvalue weighted by Gasteiger charge is -2.17. The summed E-state index contributed by atoms with van der Waals surface area (Å²) >= 11 is 0. The van der Waals surface area contributed by atoms with E-state index in [1.165, 1.54) is 0 Å². The smallest absolute Gasteiger partial charge is 0.241 e. The molecule has 0 bridgehead atoms. The SMILES string of the molecule is O=S(=O)(N[C@H](CO)c1ccccc1)c1cc(F)cc(F)c1. The second-order valence-electron chi connectivity index (χ2n) is 4.37. The number of aliphatic hydroxyl groups is 1. The normalized spacial score (nSPS) is 13.1. The number of aliphatic hydroxyl groups excluding tert-OH is 1. The van der Waals surface area contributed by atoms with Crippen LogP contribution in [0.1, 0.15) is 11.6 Å². The number of benzene rings is 2. The van der Waals surface area contributed by atoms with Gasteiger partial charge in [0.25, 0.3) is 0 Å². The lowest BCUT2D eigenvalue weighted by atomic mass is 10.1. The Morgan fingerprint density at radius 3 is 2.14 bits per heavy atom. The van der Waals surface area contributed by atoms with Crippen LogP contribution in [0.3, 0.4) is 0 Å². The lowest BCUT2D eigenvalue weighted by Crippen LogP contribution is -2.31. The maximum Gasteiger partial charge on any atom is 0.241 e. The van der Waals surface area contributed by atoms with Gasteiger partial charge in [-0.15, -0.1) is 0 Å². The van der Waals surface area contributed by atoms with Gasteiger partial charge >= 0.3 is 0 Å². The summed E-state index contributed by atoms with van der Waals surface area (Å²) in [6, 6.07) is 9.50. The van der Waals surface area contributed by atoms with Gasteiger partial charge in [-0.25, -0.2) is 21.9 Å². The third-order valence-corrected chi connectivity index (χ3v) is 4.28. The molecule has 0 unspecified atom stereocenters. The molecule has 2 aromatic carbocycles. The van der Waals surface area contributed by atoms with Crippen molar-refractivity contribution >= 4 is 10.0 Å². The van der Waals surface area contributed by atoms with Crippen molar-refractivity contribution in [3.8, 4) is 0 Å². The molecule has 0 aromatic heterocycles. The number of halogens is 2. The highest BCUT2D eigenvalue weighted by molar-refractivity contribution is 7.89. The molecule has 0 fully saturated rings. The van der Waals surface area contributed by atoms with Gasteiger partial charge in [0, 0.05) is 6.07 Å². The van der Waals surface area contributed by atoms with Crippen LogP contribution in [-0.4, -0.2) is 20.1 Å². The number of sulfonamides is 1. The van der Waals surface area contributed by atoms with Gasteiger partial charge in [0.05, 0.1) is 17.5 Å². The van der Waals surface area contributed by atoms with Crippen molar-refractivity contribution in [1.82, 2.24) is 4.72 Å². The highest BCUT2D eigenvalue weighted by atomic mass is 32.2. The topological polar surface area (TPSA) is 66.4 Å². The Bertz CT molecular complexity index is 700. The monoisotopic (exact) mass is 313 g/mol. The molecule has 1 atom stereocenters. The molecule has 112 valence electrons. The van der Waals surface area contributed by atoms with E-state index in [0.29, 0.717) is 23.8 Å². The maximum atomic E-state index is 13.1. The molecule has 2 rings (SSSR count). The van der Waals surface area contributed by atoms with E-state index >= 15 is 0 Å². The zero-order valence-electron chi connectivity index (χ0n) is 10.8. The highest BCUT2D eigenvalue weighted by Crippen LogP contribution is 2.18. The van der Waals surface area contributed by atoms with Gasteiger partial charge in [-0.05, 0) is 17.7 Å². The third-order valence-electron chi connectivity index (χ3n) is 2.83. The van der Waals surface area contributed by atoms with E-state index in [9.17, 15) is 22.3 Å². The van der Waals surface area contributed by atoms with Gasteiger partial charge in [-0.2, -0.15) is 0 Å². The average Bonchev–Trinajstić information content (AvgIpc) is 2.45. The van der Waals surface area contributed by atoms with E-state index in [1.54, 1.807) is 30.3 Å². The van der Waals surface area contributed by atoms with Gasteiger partial charge in [0.15, 0.2) is 0 Å². The molecule has 0 saturated heterocycles. The van der Waals surface area contributed by atoms with Crippen LogP contribution in [0.2, 0.25) is 0 Å². The quantitative estimate of drug-likeness (QED) is 0.887. The van der Waals surface area contributed by atoms with E-state index in [4.69, 9.17) is 0 Å². The minimum absolute atomic E-state index is 0.485. The van der Waals surface area contributed by atoms with Gasteiger partial charge in [-0.1, -0.05) is 30.3 Å². The number of nitrogens with one attached hydrogen (secondary N) is 1. The highest BCUT2D eigenvalue weighted by Gasteiger charge is 2.22. The number of rotatable bonds is 5. The molecule has 0 aliphatic heterocycles. The summed E-state index contributed by atoms with van der Waals surface area (Å²) in [5.74, 6) is -1.98. The van der Waals surface area contributed by atoms with E-state index in [-0.39, 0.29) is 0 Å². The molecule has 21 heavy (non-hydrogen) atoms. The molecule has 7 heteroatoms. The van der Waals surface area contributed by atoms with E-state index in [0.717, 1.165) is 0 Å². The molecule has 0 amide bonds. The van der Waals surface area contributed by atoms with Crippen LogP contribution in [0.25, 0.3) is 0 Å². The van der Waals surface area contributed by atoms with Gasteiger partial charge in [-0.3, -0.25) is 0 Å². The van der Waals surface area contributed by atoms with Crippen molar-refractivity contribution < 1.29 is 22.3 Å². The van der Waals surface area contributed by atoms with E-state index < -0.39 is 39.2 Å². The summed E-state index contributed by atoms with van der Waals surface area (Å²) in [7, 11) is -4.15. The predicted molar refractivity (Wildman–Crippen MR) is 72.9 cm³/mol. The summed E-state index contributed by atoms with van der Waals surface area (Å²) in [6.45, 7) is -0.485. The second-order valence-corrected chi connectivity index (χ2v) is 6.09. The molecule has 0 radical (unpaired) electrons. The van der Waals surface area contributed by atoms with E-state index in [1.807, 2.05) is 0 Å². The van der Waals surface area contributed by atoms with Crippen LogP contribution >= 0.6 is 0 Å². The Morgan fingerprint density at radius 2 is 1.62 bits per heavy atom. The van der Waals surface area contributed by atoms with Gasteiger partial charge in [0.2, 0.25) is 10.0 Å². The second kappa shape index (κ2) is 6.30. The standard InChI is InChI=1S/C14H13F2NO3S/c15-11-6-12(16)8-13(7-11)21(19,20)17-14(9-18)10-4-2-1-3-5-10/h1-8,14,17-18H,9H2/t14-/m1/s1. The van der Waals surface area contributed by atoms with Crippen molar-refractivity contribution in [3.63, 3.8) is 0 Å². The van der Waals surface area contributed by atoms with Crippen LogP contribution in [-0.2, 0) is 10.0 Å². The summed E-state index contributed by atoms with van der Waals surface area (Å²) in [5, 5.41) is 9.32. The molecule has 0 spiro atoms. The van der Waals surface area contributed by atoms with Crippen LogP contribution in [0.4, 0.5) is 8.78 Å².